The molecule has 0 radical (unpaired) electrons. The van der Waals surface area contributed by atoms with Crippen LogP contribution in [-0.2, 0) is 16.3 Å². The van der Waals surface area contributed by atoms with Crippen LogP contribution in [0.2, 0.25) is 0 Å². The second-order valence-corrected chi connectivity index (χ2v) is 8.17. The zero-order valence-corrected chi connectivity index (χ0v) is 14.2. The summed E-state index contributed by atoms with van der Waals surface area (Å²) in [7, 11) is -3.49. The van der Waals surface area contributed by atoms with E-state index in [2.05, 4.69) is 19.9 Å². The van der Waals surface area contributed by atoms with Crippen LogP contribution in [0.25, 0.3) is 10.8 Å². The minimum atomic E-state index is -3.49. The number of hydrogen-bond donors (Lipinski definition) is 0. The van der Waals surface area contributed by atoms with Crippen LogP contribution in [0.15, 0.2) is 76.5 Å². The highest BCUT2D eigenvalue weighted by molar-refractivity contribution is 7.91. The van der Waals surface area contributed by atoms with E-state index in [-0.39, 0.29) is 0 Å². The van der Waals surface area contributed by atoms with Gasteiger partial charge >= 0.3 is 0 Å². The molecule has 0 aliphatic carbocycles. The van der Waals surface area contributed by atoms with Crippen LogP contribution in [0.5, 0.6) is 0 Å². The van der Waals surface area contributed by atoms with Crippen molar-refractivity contribution in [3.8, 4) is 0 Å². The average Bonchev–Trinajstić information content (AvgIpc) is 2.55. The minimum absolute atomic E-state index is 0.339. The number of sulfone groups is 1. The molecule has 0 aromatic heterocycles. The third-order valence-corrected chi connectivity index (χ3v) is 5.66. The van der Waals surface area contributed by atoms with Gasteiger partial charge in [-0.2, -0.15) is 0 Å². The number of rotatable bonds is 4. The second kappa shape index (κ2) is 6.17. The highest BCUT2D eigenvalue weighted by Gasteiger charge is 2.19. The lowest BCUT2D eigenvalue weighted by atomic mass is 9.97. The summed E-state index contributed by atoms with van der Waals surface area (Å²) in [4.78, 5) is 0.712. The normalized spacial score (nSPS) is 12.0. The summed E-state index contributed by atoms with van der Waals surface area (Å²) < 4.78 is 25.8. The van der Waals surface area contributed by atoms with Gasteiger partial charge in [-0.05, 0) is 52.9 Å². The van der Waals surface area contributed by atoms with E-state index >= 15 is 0 Å². The van der Waals surface area contributed by atoms with Gasteiger partial charge in [0.05, 0.1) is 9.79 Å². The molecule has 3 aromatic rings. The Balaban J connectivity index is 2.22. The highest BCUT2D eigenvalue weighted by atomic mass is 32.2. The van der Waals surface area contributed by atoms with Gasteiger partial charge in [0, 0.05) is 0 Å². The fourth-order valence-electron chi connectivity index (χ4n) is 2.86. The van der Waals surface area contributed by atoms with E-state index in [4.69, 9.17) is 0 Å². The lowest BCUT2D eigenvalue weighted by molar-refractivity contribution is 0.595. The first-order valence-electron chi connectivity index (χ1n) is 7.80. The lowest BCUT2D eigenvalue weighted by Crippen LogP contribution is -2.04. The first kappa shape index (κ1) is 15.8. The molecule has 0 unspecified atom stereocenters. The van der Waals surface area contributed by atoms with E-state index in [0.717, 1.165) is 22.8 Å². The largest absolute Gasteiger partial charge is 0.219 e. The average molecular weight is 324 g/mol. The Morgan fingerprint density at radius 3 is 2.17 bits per heavy atom. The van der Waals surface area contributed by atoms with Crippen molar-refractivity contribution in [1.29, 1.82) is 0 Å². The zero-order valence-electron chi connectivity index (χ0n) is 13.4. The number of fused-ring (bicyclic) bond motifs is 1. The molecule has 0 fully saturated rings. The van der Waals surface area contributed by atoms with Gasteiger partial charge in [-0.3, -0.25) is 0 Å². The Hall–Kier alpha value is -2.13. The van der Waals surface area contributed by atoms with E-state index < -0.39 is 9.84 Å². The Morgan fingerprint density at radius 2 is 1.48 bits per heavy atom. The standard InChI is InChI=1S/C20H20O2S/c1-15(2)12-17-14-19(13-16-8-6-7-11-20(16)17)23(21,22)18-9-4-3-5-10-18/h3-11,13-15H,12H2,1-2H3. The molecule has 0 bridgehead atoms. The molecule has 3 aromatic carbocycles. The van der Waals surface area contributed by atoms with Gasteiger partial charge < -0.3 is 0 Å². The van der Waals surface area contributed by atoms with Crippen molar-refractivity contribution in [2.24, 2.45) is 5.92 Å². The maximum Gasteiger partial charge on any atom is 0.206 e. The van der Waals surface area contributed by atoms with Crippen LogP contribution in [0, 0.1) is 5.92 Å². The predicted molar refractivity (Wildman–Crippen MR) is 94.4 cm³/mol. The van der Waals surface area contributed by atoms with E-state index in [1.165, 1.54) is 0 Å². The third-order valence-electron chi connectivity index (χ3n) is 3.91. The molecule has 3 rings (SSSR count). The van der Waals surface area contributed by atoms with E-state index in [9.17, 15) is 8.42 Å². The van der Waals surface area contributed by atoms with Crippen molar-refractivity contribution < 1.29 is 8.42 Å². The summed E-state index contributed by atoms with van der Waals surface area (Å²) in [5.74, 6) is 0.466. The molecule has 0 atom stereocenters. The van der Waals surface area contributed by atoms with Crippen molar-refractivity contribution in [3.63, 3.8) is 0 Å². The quantitative estimate of drug-likeness (QED) is 0.686. The Morgan fingerprint density at radius 1 is 0.826 bits per heavy atom. The molecule has 0 spiro atoms. The minimum Gasteiger partial charge on any atom is -0.219 e. The number of benzene rings is 3. The van der Waals surface area contributed by atoms with Gasteiger partial charge in [-0.15, -0.1) is 0 Å². The van der Waals surface area contributed by atoms with Gasteiger partial charge in [0.15, 0.2) is 0 Å². The van der Waals surface area contributed by atoms with Crippen molar-refractivity contribution in [3.05, 3.63) is 72.3 Å². The first-order chi connectivity index (χ1) is 11.0. The van der Waals surface area contributed by atoms with Gasteiger partial charge in [-0.1, -0.05) is 56.3 Å². The summed E-state index contributed by atoms with van der Waals surface area (Å²) in [6.45, 7) is 4.29. The molecular weight excluding hydrogens is 304 g/mol. The summed E-state index contributed by atoms with van der Waals surface area (Å²) in [5.41, 5.74) is 1.09. The number of hydrogen-bond acceptors (Lipinski definition) is 2. The van der Waals surface area contributed by atoms with Gasteiger partial charge in [0.25, 0.3) is 0 Å². The molecule has 23 heavy (non-hydrogen) atoms. The van der Waals surface area contributed by atoms with Crippen LogP contribution in [0.4, 0.5) is 0 Å². The summed E-state index contributed by atoms with van der Waals surface area (Å²) in [6, 6.07) is 20.2. The molecule has 0 N–H and O–H groups in total. The van der Waals surface area contributed by atoms with Crippen LogP contribution in [0.3, 0.4) is 0 Å². The maximum atomic E-state index is 12.9. The second-order valence-electron chi connectivity index (χ2n) is 6.22. The Bertz CT molecular complexity index is 926. The van der Waals surface area contributed by atoms with Gasteiger partial charge in [0.2, 0.25) is 9.84 Å². The van der Waals surface area contributed by atoms with Gasteiger partial charge in [0.1, 0.15) is 0 Å². The monoisotopic (exact) mass is 324 g/mol. The first-order valence-corrected chi connectivity index (χ1v) is 9.28. The fraction of sp³-hybridized carbons (Fsp3) is 0.200. The maximum absolute atomic E-state index is 12.9. The van der Waals surface area contributed by atoms with Crippen molar-refractivity contribution in [2.75, 3.05) is 0 Å². The molecule has 0 amide bonds. The van der Waals surface area contributed by atoms with Crippen LogP contribution in [-0.4, -0.2) is 8.42 Å². The Labute approximate surface area is 137 Å². The molecule has 0 heterocycles. The van der Waals surface area contributed by atoms with Crippen molar-refractivity contribution >= 4 is 20.6 Å². The summed E-state index contributed by atoms with van der Waals surface area (Å²) >= 11 is 0. The summed E-state index contributed by atoms with van der Waals surface area (Å²) in [6.07, 6.45) is 0.860. The van der Waals surface area contributed by atoms with E-state index in [1.807, 2.05) is 30.3 Å². The van der Waals surface area contributed by atoms with Crippen molar-refractivity contribution in [1.82, 2.24) is 0 Å². The summed E-state index contributed by atoms with van der Waals surface area (Å²) in [5, 5.41) is 2.10. The van der Waals surface area contributed by atoms with E-state index in [0.29, 0.717) is 15.7 Å². The fourth-order valence-corrected chi connectivity index (χ4v) is 4.23. The van der Waals surface area contributed by atoms with Crippen LogP contribution >= 0.6 is 0 Å². The lowest BCUT2D eigenvalue weighted by Gasteiger charge is -2.13. The topological polar surface area (TPSA) is 34.1 Å². The molecule has 118 valence electrons. The van der Waals surface area contributed by atoms with Gasteiger partial charge in [-0.25, -0.2) is 8.42 Å². The predicted octanol–water partition coefficient (Wildman–Crippen LogP) is 4.87. The molecular formula is C20H20O2S. The highest BCUT2D eigenvalue weighted by Crippen LogP contribution is 2.29. The molecule has 0 saturated carbocycles. The van der Waals surface area contributed by atoms with Crippen molar-refractivity contribution in [2.45, 2.75) is 30.1 Å². The molecule has 0 saturated heterocycles. The molecule has 3 heteroatoms. The van der Waals surface area contributed by atoms with Crippen LogP contribution in [0.1, 0.15) is 19.4 Å². The molecule has 0 aliphatic rings. The molecule has 0 aliphatic heterocycles. The Kier molecular flexibility index (Phi) is 4.22. The zero-order chi connectivity index (χ0) is 16.4. The third kappa shape index (κ3) is 3.15. The molecule has 2 nitrogen and oxygen atoms in total. The van der Waals surface area contributed by atoms with Crippen LogP contribution < -0.4 is 0 Å². The van der Waals surface area contributed by atoms with E-state index in [1.54, 1.807) is 30.3 Å². The SMILES string of the molecule is CC(C)Cc1cc(S(=O)(=O)c2ccccc2)cc2ccccc12. The smallest absolute Gasteiger partial charge is 0.206 e.